The highest BCUT2D eigenvalue weighted by Crippen LogP contribution is 2.52. The van der Waals surface area contributed by atoms with Gasteiger partial charge in [0.2, 0.25) is 5.91 Å². The zero-order valence-electron chi connectivity index (χ0n) is 15.4. The van der Waals surface area contributed by atoms with Crippen molar-refractivity contribution >= 4 is 23.5 Å². The topological polar surface area (TPSA) is 107 Å². The molecule has 28 heavy (non-hydrogen) atoms. The minimum atomic E-state index is -0.643. The zero-order chi connectivity index (χ0) is 19.3. The number of rotatable bonds is 4. The largest absolute Gasteiger partial charge is 0.508 e. The van der Waals surface area contributed by atoms with E-state index in [1.165, 1.54) is 6.07 Å². The second-order valence-electron chi connectivity index (χ2n) is 8.17. The smallest absolute Gasteiger partial charge is 0.266 e. The molecule has 3 aliphatic rings. The van der Waals surface area contributed by atoms with Crippen LogP contribution in [0.2, 0.25) is 5.02 Å². The van der Waals surface area contributed by atoms with Crippen molar-refractivity contribution in [1.29, 1.82) is 0 Å². The summed E-state index contributed by atoms with van der Waals surface area (Å²) in [5, 5.41) is 28.7. The van der Waals surface area contributed by atoms with Crippen LogP contribution < -0.4 is 10.2 Å². The summed E-state index contributed by atoms with van der Waals surface area (Å²) in [4.78, 5) is 15.5. The van der Waals surface area contributed by atoms with Crippen LogP contribution >= 0.6 is 11.6 Å². The van der Waals surface area contributed by atoms with Gasteiger partial charge in [-0.25, -0.2) is 0 Å². The summed E-state index contributed by atoms with van der Waals surface area (Å²) in [5.41, 5.74) is 0.0259. The number of carbonyl (C=O) groups is 1. The number of aromatic hydroxyl groups is 1. The van der Waals surface area contributed by atoms with Gasteiger partial charge in [-0.1, -0.05) is 22.8 Å². The molecule has 2 aliphatic heterocycles. The normalized spacial score (nSPS) is 28.0. The SMILES string of the molecule is O=C(N[C@@H]1CCC[C@H]2CC[C@@H]1N2c1nn[nH]n1)C1(c2ccc(Cl)cc2O)CC1. The molecule has 0 spiro atoms. The maximum atomic E-state index is 13.3. The first kappa shape index (κ1) is 17.7. The van der Waals surface area contributed by atoms with E-state index in [9.17, 15) is 9.90 Å². The van der Waals surface area contributed by atoms with E-state index in [1.54, 1.807) is 12.1 Å². The number of fused-ring (bicyclic) bond motifs is 2. The number of anilines is 1. The van der Waals surface area contributed by atoms with Crippen LogP contribution in [0.1, 0.15) is 50.5 Å². The van der Waals surface area contributed by atoms with Gasteiger partial charge >= 0.3 is 0 Å². The molecule has 2 saturated heterocycles. The van der Waals surface area contributed by atoms with E-state index in [0.717, 1.165) is 44.9 Å². The molecule has 9 heteroatoms. The van der Waals surface area contributed by atoms with Crippen LogP contribution in [0.25, 0.3) is 0 Å². The van der Waals surface area contributed by atoms with Crippen molar-refractivity contribution in [2.24, 2.45) is 0 Å². The monoisotopic (exact) mass is 402 g/mol. The third kappa shape index (κ3) is 2.82. The van der Waals surface area contributed by atoms with Crippen LogP contribution in [-0.2, 0) is 10.2 Å². The first-order valence-corrected chi connectivity index (χ1v) is 10.3. The molecule has 3 N–H and O–H groups in total. The molecule has 1 amide bonds. The summed E-state index contributed by atoms with van der Waals surface area (Å²) in [6.07, 6.45) is 6.62. The Morgan fingerprint density at radius 3 is 2.86 bits per heavy atom. The Morgan fingerprint density at radius 2 is 2.14 bits per heavy atom. The number of amides is 1. The van der Waals surface area contributed by atoms with Crippen LogP contribution in [-0.4, -0.2) is 49.8 Å². The first-order chi connectivity index (χ1) is 13.6. The van der Waals surface area contributed by atoms with Gasteiger partial charge in [0, 0.05) is 22.7 Å². The molecule has 1 saturated carbocycles. The zero-order valence-corrected chi connectivity index (χ0v) is 16.2. The van der Waals surface area contributed by atoms with Crippen LogP contribution in [0.15, 0.2) is 18.2 Å². The fourth-order valence-electron chi connectivity index (χ4n) is 5.06. The maximum Gasteiger partial charge on any atom is 0.266 e. The Bertz CT molecular complexity index is 885. The van der Waals surface area contributed by atoms with Crippen LogP contribution in [0, 0.1) is 0 Å². The van der Waals surface area contributed by atoms with E-state index in [1.807, 2.05) is 0 Å². The van der Waals surface area contributed by atoms with Crippen molar-refractivity contribution in [2.75, 3.05) is 4.90 Å². The number of nitrogens with zero attached hydrogens (tertiary/aromatic N) is 4. The van der Waals surface area contributed by atoms with Gasteiger partial charge in [0.05, 0.1) is 11.5 Å². The summed E-state index contributed by atoms with van der Waals surface area (Å²) in [7, 11) is 0. The lowest BCUT2D eigenvalue weighted by molar-refractivity contribution is -0.124. The third-order valence-electron chi connectivity index (χ3n) is 6.60. The molecule has 2 aromatic rings. The van der Waals surface area contributed by atoms with Crippen molar-refractivity contribution < 1.29 is 9.90 Å². The van der Waals surface area contributed by atoms with Crippen molar-refractivity contribution in [3.05, 3.63) is 28.8 Å². The average molecular weight is 403 g/mol. The maximum absolute atomic E-state index is 13.3. The molecule has 0 unspecified atom stereocenters. The molecule has 8 nitrogen and oxygen atoms in total. The number of hydrogen-bond donors (Lipinski definition) is 3. The van der Waals surface area contributed by atoms with Crippen molar-refractivity contribution in [3.63, 3.8) is 0 Å². The van der Waals surface area contributed by atoms with E-state index < -0.39 is 5.41 Å². The van der Waals surface area contributed by atoms with Crippen LogP contribution in [0.5, 0.6) is 5.75 Å². The summed E-state index contributed by atoms with van der Waals surface area (Å²) in [6, 6.07) is 5.62. The first-order valence-electron chi connectivity index (χ1n) is 9.90. The van der Waals surface area contributed by atoms with Crippen LogP contribution in [0.3, 0.4) is 0 Å². The highest BCUT2D eigenvalue weighted by atomic mass is 35.5. The van der Waals surface area contributed by atoms with E-state index in [0.29, 0.717) is 22.6 Å². The van der Waals surface area contributed by atoms with Gasteiger partial charge in [-0.05, 0) is 62.3 Å². The van der Waals surface area contributed by atoms with E-state index in [2.05, 4.69) is 30.8 Å². The van der Waals surface area contributed by atoms with Gasteiger partial charge in [-0.3, -0.25) is 4.79 Å². The van der Waals surface area contributed by atoms with E-state index >= 15 is 0 Å². The molecule has 3 heterocycles. The summed E-state index contributed by atoms with van der Waals surface area (Å²) in [5.74, 6) is 0.703. The second-order valence-corrected chi connectivity index (χ2v) is 8.61. The summed E-state index contributed by atoms with van der Waals surface area (Å²) < 4.78 is 0. The third-order valence-corrected chi connectivity index (χ3v) is 6.84. The minimum absolute atomic E-state index is 0.00599. The van der Waals surface area contributed by atoms with Gasteiger partial charge in [0.15, 0.2) is 0 Å². The van der Waals surface area contributed by atoms with Gasteiger partial charge in [-0.2, -0.15) is 5.21 Å². The molecule has 2 bridgehead atoms. The quantitative estimate of drug-likeness (QED) is 0.724. The molecule has 0 radical (unpaired) electrons. The standard InChI is InChI=1S/C19H23ClN6O2/c20-11-4-6-13(16(27)10-11)19(8-9-19)17(28)21-14-3-1-2-12-5-7-15(14)26(12)18-22-24-25-23-18/h4,6,10,12,14-15,27H,1-3,5,7-9H2,(H,21,28)(H,22,23,24,25)/t12-,14+,15-/m0/s1. The molecule has 1 aliphatic carbocycles. The highest BCUT2D eigenvalue weighted by molar-refractivity contribution is 6.30. The number of carbonyl (C=O) groups excluding carboxylic acids is 1. The Morgan fingerprint density at radius 1 is 1.29 bits per heavy atom. The molecular formula is C19H23ClN6O2. The van der Waals surface area contributed by atoms with Gasteiger partial charge in [0.1, 0.15) is 5.75 Å². The Labute approximate surface area is 167 Å². The molecule has 3 fully saturated rings. The van der Waals surface area contributed by atoms with E-state index in [-0.39, 0.29) is 23.7 Å². The Kier molecular flexibility index (Phi) is 4.19. The number of benzene rings is 1. The number of H-pyrrole nitrogens is 1. The molecule has 1 aromatic heterocycles. The van der Waals surface area contributed by atoms with Crippen molar-refractivity contribution in [3.8, 4) is 5.75 Å². The number of hydrogen-bond acceptors (Lipinski definition) is 6. The number of tetrazole rings is 1. The van der Waals surface area contributed by atoms with Crippen LogP contribution in [0.4, 0.5) is 5.95 Å². The number of halogens is 1. The second kappa shape index (κ2) is 6.62. The fourth-order valence-corrected chi connectivity index (χ4v) is 5.23. The molecule has 148 valence electrons. The molecular weight excluding hydrogens is 380 g/mol. The van der Waals surface area contributed by atoms with Gasteiger partial charge < -0.3 is 15.3 Å². The van der Waals surface area contributed by atoms with Crippen molar-refractivity contribution in [2.45, 2.75) is 68.5 Å². The predicted molar refractivity (Wildman–Crippen MR) is 103 cm³/mol. The fraction of sp³-hybridized carbons (Fsp3) is 0.579. The predicted octanol–water partition coefficient (Wildman–Crippen LogP) is 2.30. The molecule has 1 aromatic carbocycles. The summed E-state index contributed by atoms with van der Waals surface area (Å²) >= 11 is 5.96. The number of aromatic amines is 1. The Hall–Kier alpha value is -2.35. The minimum Gasteiger partial charge on any atom is -0.508 e. The average Bonchev–Trinajstić information content (AvgIpc) is 3.13. The summed E-state index contributed by atoms with van der Waals surface area (Å²) in [6.45, 7) is 0. The van der Waals surface area contributed by atoms with Gasteiger partial charge in [-0.15, -0.1) is 5.10 Å². The van der Waals surface area contributed by atoms with E-state index in [4.69, 9.17) is 11.6 Å². The molecule has 3 atom stereocenters. The number of phenols is 1. The van der Waals surface area contributed by atoms with Crippen molar-refractivity contribution in [1.82, 2.24) is 25.9 Å². The number of aromatic nitrogens is 4. The Balaban J connectivity index is 1.38. The lowest BCUT2D eigenvalue weighted by atomic mass is 9.91. The lowest BCUT2D eigenvalue weighted by Crippen LogP contribution is -2.52. The lowest BCUT2D eigenvalue weighted by Gasteiger charge is -2.32. The van der Waals surface area contributed by atoms with Gasteiger partial charge in [0.25, 0.3) is 5.95 Å². The highest BCUT2D eigenvalue weighted by Gasteiger charge is 2.54. The number of nitrogens with one attached hydrogen (secondary N) is 2. The molecule has 5 rings (SSSR count). The number of phenolic OH excluding ortho intramolecular Hbond substituents is 1.